The Balaban J connectivity index is 2.51. The Bertz CT molecular complexity index is 315. The number of amides is 1. The molecule has 5 heteroatoms. The van der Waals surface area contributed by atoms with Crippen LogP contribution in [0.5, 0.6) is 0 Å². The first-order valence-corrected chi connectivity index (χ1v) is 7.28. The maximum Gasteiger partial charge on any atom is 0.243 e. The molecule has 1 saturated carbocycles. The molecule has 1 aliphatic carbocycles. The van der Waals surface area contributed by atoms with E-state index in [0.29, 0.717) is 6.04 Å². The van der Waals surface area contributed by atoms with Gasteiger partial charge in [-0.05, 0) is 25.7 Å². The molecule has 0 heterocycles. The highest BCUT2D eigenvalue weighted by Gasteiger charge is 2.19. The highest BCUT2D eigenvalue weighted by Crippen LogP contribution is 2.23. The Morgan fingerprint density at radius 2 is 2.11 bits per heavy atom. The molecule has 2 atom stereocenters. The maximum atomic E-state index is 11.6. The van der Waals surface area contributed by atoms with Gasteiger partial charge in [0.05, 0.1) is 0 Å². The number of carbonyl (C=O) groups excluding carboxylic acids is 1. The summed E-state index contributed by atoms with van der Waals surface area (Å²) < 4.78 is 0. The van der Waals surface area contributed by atoms with Crippen molar-refractivity contribution in [1.82, 2.24) is 15.5 Å². The van der Waals surface area contributed by atoms with Crippen molar-refractivity contribution in [2.24, 2.45) is 10.9 Å². The van der Waals surface area contributed by atoms with E-state index >= 15 is 0 Å². The van der Waals surface area contributed by atoms with Gasteiger partial charge in [-0.25, -0.2) is 4.99 Å². The lowest BCUT2D eigenvalue weighted by atomic mass is 9.87. The minimum absolute atomic E-state index is 0.0224. The minimum atomic E-state index is 0.0224. The topological polar surface area (TPSA) is 56.7 Å². The fourth-order valence-electron chi connectivity index (χ4n) is 2.37. The number of likely N-dealkylation sites (N-methyl/N-ethyl adjacent to an activating group) is 1. The van der Waals surface area contributed by atoms with Crippen LogP contribution in [0, 0.1) is 5.92 Å². The molecule has 1 rings (SSSR count). The van der Waals surface area contributed by atoms with Crippen LogP contribution in [-0.4, -0.2) is 50.0 Å². The SMILES string of the molecule is CCNC(=NCC(=O)N(C)C)NC1CCCC(C)C1. The van der Waals surface area contributed by atoms with Gasteiger partial charge in [0.25, 0.3) is 0 Å². The number of nitrogens with one attached hydrogen (secondary N) is 2. The van der Waals surface area contributed by atoms with E-state index in [4.69, 9.17) is 0 Å². The standard InChI is InChI=1S/C14H28N4O/c1-5-15-14(16-10-13(19)18(3)4)17-12-8-6-7-11(2)9-12/h11-12H,5-10H2,1-4H3,(H2,15,16,17). The van der Waals surface area contributed by atoms with Crippen LogP contribution >= 0.6 is 0 Å². The predicted molar refractivity (Wildman–Crippen MR) is 79.2 cm³/mol. The average Bonchev–Trinajstić information content (AvgIpc) is 2.35. The Hall–Kier alpha value is -1.26. The van der Waals surface area contributed by atoms with E-state index in [1.54, 1.807) is 19.0 Å². The zero-order valence-corrected chi connectivity index (χ0v) is 12.7. The molecule has 0 aromatic heterocycles. The molecule has 0 bridgehead atoms. The van der Waals surface area contributed by atoms with E-state index < -0.39 is 0 Å². The van der Waals surface area contributed by atoms with Crippen LogP contribution < -0.4 is 10.6 Å². The molecule has 5 nitrogen and oxygen atoms in total. The Morgan fingerprint density at radius 3 is 2.68 bits per heavy atom. The van der Waals surface area contributed by atoms with Crippen molar-refractivity contribution in [2.45, 2.75) is 45.6 Å². The second-order valence-electron chi connectivity index (χ2n) is 5.60. The zero-order valence-electron chi connectivity index (χ0n) is 12.7. The van der Waals surface area contributed by atoms with E-state index in [1.165, 1.54) is 25.7 Å². The van der Waals surface area contributed by atoms with E-state index in [1.807, 2.05) is 6.92 Å². The number of hydrogen-bond donors (Lipinski definition) is 2. The van der Waals surface area contributed by atoms with Crippen molar-refractivity contribution in [1.29, 1.82) is 0 Å². The fourth-order valence-corrected chi connectivity index (χ4v) is 2.37. The molecule has 0 aromatic carbocycles. The Morgan fingerprint density at radius 1 is 1.37 bits per heavy atom. The summed E-state index contributed by atoms with van der Waals surface area (Å²) in [6.45, 7) is 5.34. The third kappa shape index (κ3) is 5.94. The largest absolute Gasteiger partial charge is 0.357 e. The first-order valence-electron chi connectivity index (χ1n) is 7.28. The highest BCUT2D eigenvalue weighted by molar-refractivity contribution is 5.84. The fraction of sp³-hybridized carbons (Fsp3) is 0.857. The van der Waals surface area contributed by atoms with Crippen LogP contribution in [0.15, 0.2) is 4.99 Å². The minimum Gasteiger partial charge on any atom is -0.357 e. The highest BCUT2D eigenvalue weighted by atomic mass is 16.2. The van der Waals surface area contributed by atoms with Gasteiger partial charge in [0, 0.05) is 26.7 Å². The molecule has 1 fully saturated rings. The Kier molecular flexibility index (Phi) is 6.67. The summed E-state index contributed by atoms with van der Waals surface area (Å²) >= 11 is 0. The van der Waals surface area contributed by atoms with Gasteiger partial charge < -0.3 is 15.5 Å². The summed E-state index contributed by atoms with van der Waals surface area (Å²) in [5.41, 5.74) is 0. The number of guanidine groups is 1. The van der Waals surface area contributed by atoms with Crippen LogP contribution in [0.2, 0.25) is 0 Å². The van der Waals surface area contributed by atoms with Crippen LogP contribution in [0.25, 0.3) is 0 Å². The molecule has 1 amide bonds. The first kappa shape index (κ1) is 15.8. The smallest absolute Gasteiger partial charge is 0.243 e. The monoisotopic (exact) mass is 268 g/mol. The number of carbonyl (C=O) groups is 1. The molecule has 0 saturated heterocycles. The normalized spacial score (nSPS) is 23.9. The molecule has 19 heavy (non-hydrogen) atoms. The predicted octanol–water partition coefficient (Wildman–Crippen LogP) is 1.21. The summed E-state index contributed by atoms with van der Waals surface area (Å²) in [6.07, 6.45) is 4.97. The van der Waals surface area contributed by atoms with Gasteiger partial charge in [0.1, 0.15) is 6.54 Å². The molecule has 2 unspecified atom stereocenters. The molecule has 0 spiro atoms. The molecule has 0 aromatic rings. The lowest BCUT2D eigenvalue weighted by molar-refractivity contribution is -0.127. The summed E-state index contributed by atoms with van der Waals surface area (Å²) in [7, 11) is 3.50. The number of aliphatic imine (C=N–C) groups is 1. The second-order valence-corrected chi connectivity index (χ2v) is 5.60. The Labute approximate surface area is 116 Å². The zero-order chi connectivity index (χ0) is 14.3. The van der Waals surface area contributed by atoms with Crippen molar-refractivity contribution < 1.29 is 4.79 Å². The van der Waals surface area contributed by atoms with Gasteiger partial charge in [-0.3, -0.25) is 4.79 Å². The number of hydrogen-bond acceptors (Lipinski definition) is 2. The van der Waals surface area contributed by atoms with E-state index in [2.05, 4.69) is 22.5 Å². The van der Waals surface area contributed by atoms with Crippen LogP contribution in [-0.2, 0) is 4.79 Å². The van der Waals surface area contributed by atoms with Crippen molar-refractivity contribution in [3.63, 3.8) is 0 Å². The van der Waals surface area contributed by atoms with Crippen molar-refractivity contribution in [3.8, 4) is 0 Å². The molecule has 0 aliphatic heterocycles. The molecule has 110 valence electrons. The number of nitrogens with zero attached hydrogens (tertiary/aromatic N) is 2. The molecular formula is C14H28N4O. The van der Waals surface area contributed by atoms with Crippen LogP contribution in [0.3, 0.4) is 0 Å². The first-order chi connectivity index (χ1) is 9.02. The van der Waals surface area contributed by atoms with Crippen LogP contribution in [0.1, 0.15) is 39.5 Å². The maximum absolute atomic E-state index is 11.6. The molecule has 2 N–H and O–H groups in total. The molecular weight excluding hydrogens is 240 g/mol. The van der Waals surface area contributed by atoms with Gasteiger partial charge in [-0.2, -0.15) is 0 Å². The average molecular weight is 268 g/mol. The summed E-state index contributed by atoms with van der Waals surface area (Å²) in [5.74, 6) is 1.56. The molecule has 0 radical (unpaired) electrons. The van der Waals surface area contributed by atoms with Gasteiger partial charge >= 0.3 is 0 Å². The van der Waals surface area contributed by atoms with Gasteiger partial charge in [0.2, 0.25) is 5.91 Å². The number of rotatable bonds is 4. The second kappa shape index (κ2) is 8.02. The quantitative estimate of drug-likeness (QED) is 0.595. The van der Waals surface area contributed by atoms with Crippen LogP contribution in [0.4, 0.5) is 0 Å². The third-order valence-corrected chi connectivity index (χ3v) is 3.49. The summed E-state index contributed by atoms with van der Waals surface area (Å²) in [6, 6.07) is 0.482. The van der Waals surface area contributed by atoms with Gasteiger partial charge in [-0.1, -0.05) is 19.8 Å². The van der Waals surface area contributed by atoms with Crippen molar-refractivity contribution in [3.05, 3.63) is 0 Å². The molecule has 1 aliphatic rings. The van der Waals surface area contributed by atoms with E-state index in [-0.39, 0.29) is 12.5 Å². The summed E-state index contributed by atoms with van der Waals surface area (Å²) in [5, 5.41) is 6.66. The van der Waals surface area contributed by atoms with Crippen molar-refractivity contribution in [2.75, 3.05) is 27.2 Å². The van der Waals surface area contributed by atoms with Gasteiger partial charge in [0.15, 0.2) is 5.96 Å². The lowest BCUT2D eigenvalue weighted by Crippen LogP contribution is -2.45. The van der Waals surface area contributed by atoms with Gasteiger partial charge in [-0.15, -0.1) is 0 Å². The lowest BCUT2D eigenvalue weighted by Gasteiger charge is -2.28. The van der Waals surface area contributed by atoms with E-state index in [0.717, 1.165) is 18.4 Å². The van der Waals surface area contributed by atoms with E-state index in [9.17, 15) is 4.79 Å². The summed E-state index contributed by atoms with van der Waals surface area (Å²) in [4.78, 5) is 17.5. The third-order valence-electron chi connectivity index (χ3n) is 3.49. The van der Waals surface area contributed by atoms with Crippen molar-refractivity contribution >= 4 is 11.9 Å².